The van der Waals surface area contributed by atoms with Crippen LogP contribution in [0.2, 0.25) is 0 Å². The Morgan fingerprint density at radius 1 is 0.879 bits per heavy atom. The highest BCUT2D eigenvalue weighted by molar-refractivity contribution is 5.94. The van der Waals surface area contributed by atoms with E-state index >= 15 is 0 Å². The first kappa shape index (κ1) is 30.3. The first-order valence-corrected chi connectivity index (χ1v) is 11.1. The lowest BCUT2D eigenvalue weighted by molar-refractivity contribution is -0.143. The third kappa shape index (κ3) is 11.1. The molecule has 0 bridgehead atoms. The fraction of sp³-hybridized carbons (Fsp3) is 0.762. The summed E-state index contributed by atoms with van der Waals surface area (Å²) in [7, 11) is 0. The molecule has 0 saturated carbocycles. The van der Waals surface area contributed by atoms with Crippen molar-refractivity contribution < 1.29 is 34.2 Å². The van der Waals surface area contributed by atoms with Gasteiger partial charge in [0.2, 0.25) is 23.6 Å². The van der Waals surface area contributed by atoms with Gasteiger partial charge in [-0.15, -0.1) is 0 Å². The Balaban J connectivity index is 5.45. The molecule has 6 atom stereocenters. The second-order valence-corrected chi connectivity index (χ2v) is 8.74. The quantitative estimate of drug-likeness (QED) is 0.150. The second kappa shape index (κ2) is 14.4. The molecule has 0 aliphatic heterocycles. The van der Waals surface area contributed by atoms with Crippen LogP contribution in [0.3, 0.4) is 0 Å². The zero-order chi connectivity index (χ0) is 25.9. The van der Waals surface area contributed by atoms with Gasteiger partial charge in [-0.1, -0.05) is 34.1 Å². The average Bonchev–Trinajstić information content (AvgIpc) is 2.71. The van der Waals surface area contributed by atoms with E-state index in [4.69, 9.17) is 11.5 Å². The first-order chi connectivity index (χ1) is 15.2. The molecule has 190 valence electrons. The highest BCUT2D eigenvalue weighted by atomic mass is 16.4. The highest BCUT2D eigenvalue weighted by Crippen LogP contribution is 2.11. The van der Waals surface area contributed by atoms with Crippen molar-refractivity contribution in [3.8, 4) is 0 Å². The van der Waals surface area contributed by atoms with Gasteiger partial charge >= 0.3 is 5.97 Å². The third-order valence-corrected chi connectivity index (χ3v) is 5.22. The summed E-state index contributed by atoms with van der Waals surface area (Å²) < 4.78 is 0. The van der Waals surface area contributed by atoms with Crippen molar-refractivity contribution >= 4 is 29.6 Å². The van der Waals surface area contributed by atoms with Crippen molar-refractivity contribution in [2.45, 2.75) is 90.6 Å². The van der Waals surface area contributed by atoms with Crippen LogP contribution >= 0.6 is 0 Å². The summed E-state index contributed by atoms with van der Waals surface area (Å²) in [6, 6.07) is -4.79. The van der Waals surface area contributed by atoms with Crippen molar-refractivity contribution in [1.29, 1.82) is 0 Å². The molecule has 0 heterocycles. The number of primary amides is 1. The molecule has 12 nitrogen and oxygen atoms in total. The number of carbonyl (C=O) groups is 5. The number of hydrogen-bond donors (Lipinski definition) is 7. The van der Waals surface area contributed by atoms with Gasteiger partial charge in [0.25, 0.3) is 0 Å². The van der Waals surface area contributed by atoms with Crippen LogP contribution in [0, 0.1) is 11.8 Å². The number of nitrogens with one attached hydrogen (secondary N) is 3. The summed E-state index contributed by atoms with van der Waals surface area (Å²) in [5.41, 5.74) is 10.8. The molecular formula is C21H39N5O7. The molecule has 0 aliphatic rings. The Bertz CT molecular complexity index is 698. The highest BCUT2D eigenvalue weighted by Gasteiger charge is 2.34. The molecule has 0 rings (SSSR count). The standard InChI is InChI=1S/C21H39N5O7/c1-6-11(4)16(25-18(29)13(22)7-8-15(23)28)19(30)26-17(12(5)27)20(31)24-14(21(32)33)9-10(2)3/h10-14,16-17,27H,6-9,22H2,1-5H3,(H2,23,28)(H,24,31)(H,25,29)(H,26,30)(H,32,33). The van der Waals surface area contributed by atoms with Crippen molar-refractivity contribution in [2.75, 3.05) is 0 Å². The van der Waals surface area contributed by atoms with Crippen molar-refractivity contribution in [2.24, 2.45) is 23.3 Å². The molecule has 0 aliphatic carbocycles. The predicted molar refractivity (Wildman–Crippen MR) is 120 cm³/mol. The fourth-order valence-electron chi connectivity index (χ4n) is 2.99. The van der Waals surface area contributed by atoms with E-state index in [9.17, 15) is 34.2 Å². The lowest BCUT2D eigenvalue weighted by atomic mass is 9.96. The van der Waals surface area contributed by atoms with Gasteiger partial charge in [-0.25, -0.2) is 4.79 Å². The van der Waals surface area contributed by atoms with E-state index in [1.54, 1.807) is 27.7 Å². The Morgan fingerprint density at radius 3 is 1.82 bits per heavy atom. The number of aliphatic carboxylic acids is 1. The van der Waals surface area contributed by atoms with E-state index in [0.717, 1.165) is 0 Å². The molecule has 33 heavy (non-hydrogen) atoms. The smallest absolute Gasteiger partial charge is 0.326 e. The molecule has 12 heteroatoms. The van der Waals surface area contributed by atoms with E-state index < -0.39 is 59.9 Å². The van der Waals surface area contributed by atoms with Gasteiger partial charge in [-0.05, 0) is 31.6 Å². The van der Waals surface area contributed by atoms with Crippen LogP contribution in [0.1, 0.15) is 60.3 Å². The van der Waals surface area contributed by atoms with Gasteiger partial charge < -0.3 is 37.6 Å². The van der Waals surface area contributed by atoms with Crippen LogP contribution in [0.15, 0.2) is 0 Å². The summed E-state index contributed by atoms with van der Waals surface area (Å²) in [5, 5.41) is 26.7. The van der Waals surface area contributed by atoms with Crippen LogP contribution in [0.4, 0.5) is 0 Å². The minimum absolute atomic E-state index is 0.00114. The summed E-state index contributed by atoms with van der Waals surface area (Å²) in [6.07, 6.45) is -0.776. The second-order valence-electron chi connectivity index (χ2n) is 8.74. The van der Waals surface area contributed by atoms with E-state index in [1.165, 1.54) is 6.92 Å². The maximum absolute atomic E-state index is 12.9. The molecule has 4 amide bonds. The van der Waals surface area contributed by atoms with E-state index in [1.807, 2.05) is 0 Å². The predicted octanol–water partition coefficient (Wildman–Crippen LogP) is -1.41. The van der Waals surface area contributed by atoms with Gasteiger partial charge in [0.05, 0.1) is 12.1 Å². The maximum atomic E-state index is 12.9. The summed E-state index contributed by atoms with van der Waals surface area (Å²) in [4.78, 5) is 60.4. The number of carboxylic acids is 1. The summed E-state index contributed by atoms with van der Waals surface area (Å²) in [5.74, 6) is -4.50. The maximum Gasteiger partial charge on any atom is 0.326 e. The number of nitrogens with two attached hydrogens (primary N) is 2. The van der Waals surface area contributed by atoms with Gasteiger partial charge in [-0.3, -0.25) is 19.2 Å². The van der Waals surface area contributed by atoms with Crippen LogP contribution < -0.4 is 27.4 Å². The molecule has 0 aromatic carbocycles. The number of carboxylic acid groups (broad SMARTS) is 1. The Morgan fingerprint density at radius 2 is 1.39 bits per heavy atom. The van der Waals surface area contributed by atoms with Crippen LogP contribution in [-0.2, 0) is 24.0 Å². The molecule has 9 N–H and O–H groups in total. The van der Waals surface area contributed by atoms with Gasteiger partial charge in [0.1, 0.15) is 18.1 Å². The van der Waals surface area contributed by atoms with Crippen molar-refractivity contribution in [3.05, 3.63) is 0 Å². The number of aliphatic hydroxyl groups excluding tert-OH is 1. The number of aliphatic hydroxyl groups is 1. The Labute approximate surface area is 194 Å². The number of amides is 4. The fourth-order valence-corrected chi connectivity index (χ4v) is 2.99. The van der Waals surface area contributed by atoms with E-state index in [-0.39, 0.29) is 31.1 Å². The zero-order valence-corrected chi connectivity index (χ0v) is 20.0. The third-order valence-electron chi connectivity index (χ3n) is 5.22. The SMILES string of the molecule is CCC(C)C(NC(=O)C(N)CCC(N)=O)C(=O)NC(C(=O)NC(CC(C)C)C(=O)O)C(C)O. The largest absolute Gasteiger partial charge is 0.480 e. The summed E-state index contributed by atoms with van der Waals surface area (Å²) >= 11 is 0. The Hall–Kier alpha value is -2.73. The zero-order valence-electron chi connectivity index (χ0n) is 20.0. The lowest BCUT2D eigenvalue weighted by Gasteiger charge is -2.29. The van der Waals surface area contributed by atoms with Crippen LogP contribution in [0.25, 0.3) is 0 Å². The first-order valence-electron chi connectivity index (χ1n) is 11.1. The molecule has 6 unspecified atom stereocenters. The van der Waals surface area contributed by atoms with Crippen LogP contribution in [-0.4, -0.2) is 70.1 Å². The van der Waals surface area contributed by atoms with E-state index in [2.05, 4.69) is 16.0 Å². The van der Waals surface area contributed by atoms with E-state index in [0.29, 0.717) is 6.42 Å². The molecule has 0 saturated heterocycles. The molecule has 0 aromatic rings. The summed E-state index contributed by atoms with van der Waals surface area (Å²) in [6.45, 7) is 8.37. The normalized spacial score (nSPS) is 16.6. The molecular weight excluding hydrogens is 434 g/mol. The molecule has 0 fully saturated rings. The Kier molecular flexibility index (Phi) is 13.2. The monoisotopic (exact) mass is 473 g/mol. The lowest BCUT2D eigenvalue weighted by Crippen LogP contribution is -2.61. The van der Waals surface area contributed by atoms with Crippen molar-refractivity contribution in [3.63, 3.8) is 0 Å². The number of rotatable bonds is 15. The molecule has 0 aromatic heterocycles. The van der Waals surface area contributed by atoms with Gasteiger partial charge in [-0.2, -0.15) is 0 Å². The van der Waals surface area contributed by atoms with Gasteiger partial charge in [0, 0.05) is 6.42 Å². The number of carbonyl (C=O) groups excluding carboxylic acids is 4. The minimum atomic E-state index is -1.45. The van der Waals surface area contributed by atoms with Gasteiger partial charge in [0.15, 0.2) is 0 Å². The molecule has 0 spiro atoms. The minimum Gasteiger partial charge on any atom is -0.480 e. The average molecular weight is 474 g/mol. The topological polar surface area (TPSA) is 214 Å². The van der Waals surface area contributed by atoms with Crippen LogP contribution in [0.5, 0.6) is 0 Å². The molecule has 0 radical (unpaired) electrons. The van der Waals surface area contributed by atoms with Crippen molar-refractivity contribution in [1.82, 2.24) is 16.0 Å². The number of hydrogen-bond acceptors (Lipinski definition) is 7.